The number of ether oxygens (including phenoxy) is 1. The molecule has 1 N–H and O–H groups in total. The summed E-state index contributed by atoms with van der Waals surface area (Å²) in [5.41, 5.74) is 0.437. The van der Waals surface area contributed by atoms with E-state index in [2.05, 4.69) is 11.9 Å². The van der Waals surface area contributed by atoms with E-state index in [0.29, 0.717) is 17.8 Å². The summed E-state index contributed by atoms with van der Waals surface area (Å²) in [6.45, 7) is 9.26. The Morgan fingerprint density at radius 3 is 2.43 bits per heavy atom. The highest BCUT2D eigenvalue weighted by Gasteiger charge is 2.27. The lowest BCUT2D eigenvalue weighted by Gasteiger charge is -2.11. The van der Waals surface area contributed by atoms with Crippen molar-refractivity contribution in [2.75, 3.05) is 11.9 Å². The maximum atomic E-state index is 12.9. The van der Waals surface area contributed by atoms with Gasteiger partial charge in [0.15, 0.2) is 0 Å². The lowest BCUT2D eigenvalue weighted by atomic mass is 10.1. The van der Waals surface area contributed by atoms with Crippen molar-refractivity contribution in [1.29, 1.82) is 0 Å². The molecule has 2 aromatic rings. The summed E-state index contributed by atoms with van der Waals surface area (Å²) >= 11 is 0. The van der Waals surface area contributed by atoms with Crippen molar-refractivity contribution < 1.29 is 14.3 Å². The van der Waals surface area contributed by atoms with Crippen molar-refractivity contribution in [1.82, 2.24) is 13.7 Å². The summed E-state index contributed by atoms with van der Waals surface area (Å²) in [6.07, 6.45) is 1.61. The standard InChI is InChI=1S/C19H24N4O5/c1-7-9-23-12(4)15(11(3)16(23)18(26)28-8-2)17(25)20-13-10-14(24)22(6)19(27)21(13)5/h7,10H,1,8-9H2,2-6H3,(H,20,25). The van der Waals surface area contributed by atoms with Gasteiger partial charge in [0, 0.05) is 32.4 Å². The van der Waals surface area contributed by atoms with Crippen LogP contribution in [0.3, 0.4) is 0 Å². The highest BCUT2D eigenvalue weighted by Crippen LogP contribution is 2.24. The second-order valence-electron chi connectivity index (χ2n) is 6.28. The third-order valence-electron chi connectivity index (χ3n) is 4.54. The molecule has 150 valence electrons. The molecule has 0 aromatic carbocycles. The monoisotopic (exact) mass is 388 g/mol. The Labute approximate surface area is 161 Å². The number of allylic oxidation sites excluding steroid dienone is 1. The van der Waals surface area contributed by atoms with Crippen LogP contribution >= 0.6 is 0 Å². The molecule has 0 aliphatic rings. The summed E-state index contributed by atoms with van der Waals surface area (Å²) in [6, 6.07) is 1.16. The largest absolute Gasteiger partial charge is 0.461 e. The predicted molar refractivity (Wildman–Crippen MR) is 105 cm³/mol. The highest BCUT2D eigenvalue weighted by atomic mass is 16.5. The van der Waals surface area contributed by atoms with E-state index >= 15 is 0 Å². The first-order valence-corrected chi connectivity index (χ1v) is 8.71. The van der Waals surface area contributed by atoms with Gasteiger partial charge in [-0.3, -0.25) is 18.7 Å². The van der Waals surface area contributed by atoms with Crippen molar-refractivity contribution in [3.63, 3.8) is 0 Å². The number of nitrogens with one attached hydrogen (secondary N) is 1. The van der Waals surface area contributed by atoms with Gasteiger partial charge in [-0.2, -0.15) is 0 Å². The van der Waals surface area contributed by atoms with Gasteiger partial charge in [-0.05, 0) is 26.3 Å². The molecule has 1 amide bonds. The van der Waals surface area contributed by atoms with Crippen LogP contribution in [-0.2, 0) is 25.4 Å². The molecule has 0 saturated heterocycles. The maximum absolute atomic E-state index is 12.9. The molecule has 0 aliphatic carbocycles. The Hall–Kier alpha value is -3.36. The van der Waals surface area contributed by atoms with Gasteiger partial charge < -0.3 is 14.6 Å². The van der Waals surface area contributed by atoms with E-state index in [1.165, 1.54) is 14.1 Å². The Bertz CT molecular complexity index is 1070. The maximum Gasteiger partial charge on any atom is 0.355 e. The number of anilines is 1. The van der Waals surface area contributed by atoms with Crippen molar-refractivity contribution in [3.05, 3.63) is 62.1 Å². The van der Waals surface area contributed by atoms with Crippen LogP contribution < -0.4 is 16.6 Å². The van der Waals surface area contributed by atoms with Gasteiger partial charge in [-0.25, -0.2) is 9.59 Å². The molecule has 2 heterocycles. The quantitative estimate of drug-likeness (QED) is 0.590. The van der Waals surface area contributed by atoms with Gasteiger partial charge >= 0.3 is 11.7 Å². The molecule has 0 bridgehead atoms. The normalized spacial score (nSPS) is 10.6. The first-order chi connectivity index (χ1) is 13.1. The third kappa shape index (κ3) is 3.55. The van der Waals surface area contributed by atoms with Gasteiger partial charge in [-0.1, -0.05) is 6.08 Å². The summed E-state index contributed by atoms with van der Waals surface area (Å²) in [4.78, 5) is 49.3. The predicted octanol–water partition coefficient (Wildman–Crippen LogP) is 1.12. The lowest BCUT2D eigenvalue weighted by Crippen LogP contribution is -2.38. The number of aromatic nitrogens is 3. The minimum atomic E-state index is -0.562. The van der Waals surface area contributed by atoms with E-state index in [9.17, 15) is 19.2 Å². The Morgan fingerprint density at radius 1 is 1.21 bits per heavy atom. The van der Waals surface area contributed by atoms with Crippen LogP contribution in [0.4, 0.5) is 5.82 Å². The van der Waals surface area contributed by atoms with Crippen molar-refractivity contribution in [2.24, 2.45) is 14.1 Å². The third-order valence-corrected chi connectivity index (χ3v) is 4.54. The van der Waals surface area contributed by atoms with Gasteiger partial charge in [0.2, 0.25) is 0 Å². The van der Waals surface area contributed by atoms with Crippen LogP contribution in [0.15, 0.2) is 28.3 Å². The van der Waals surface area contributed by atoms with Gasteiger partial charge in [0.25, 0.3) is 11.5 Å². The van der Waals surface area contributed by atoms with E-state index in [1.807, 2.05) is 0 Å². The van der Waals surface area contributed by atoms with Crippen LogP contribution in [0.5, 0.6) is 0 Å². The van der Waals surface area contributed by atoms with Crippen molar-refractivity contribution in [3.8, 4) is 0 Å². The number of esters is 1. The fourth-order valence-corrected chi connectivity index (χ4v) is 3.08. The van der Waals surface area contributed by atoms with Crippen LogP contribution in [0.25, 0.3) is 0 Å². The molecule has 9 nitrogen and oxygen atoms in total. The Balaban J connectivity index is 2.57. The number of nitrogens with zero attached hydrogens (tertiary/aromatic N) is 3. The van der Waals surface area contributed by atoms with Crippen LogP contribution in [0, 0.1) is 13.8 Å². The van der Waals surface area contributed by atoms with Gasteiger partial charge in [0.05, 0.1) is 12.2 Å². The van der Waals surface area contributed by atoms with E-state index in [1.54, 1.807) is 31.4 Å². The second-order valence-corrected chi connectivity index (χ2v) is 6.28. The van der Waals surface area contributed by atoms with Crippen LogP contribution in [0.2, 0.25) is 0 Å². The molecule has 2 rings (SSSR count). The zero-order chi connectivity index (χ0) is 21.2. The SMILES string of the molecule is C=CCn1c(C)c(C(=O)Nc2cc(=O)n(C)c(=O)n2C)c(C)c1C(=O)OCC. The number of carbonyl (C=O) groups is 2. The Kier molecular flexibility index (Phi) is 6.07. The number of amides is 1. The molecule has 28 heavy (non-hydrogen) atoms. The van der Waals surface area contributed by atoms with Gasteiger partial charge in [-0.15, -0.1) is 6.58 Å². The molecule has 0 saturated carbocycles. The first kappa shape index (κ1) is 20.9. The van der Waals surface area contributed by atoms with E-state index in [4.69, 9.17) is 4.74 Å². The first-order valence-electron chi connectivity index (χ1n) is 8.71. The summed E-state index contributed by atoms with van der Waals surface area (Å²) < 4.78 is 8.86. The highest BCUT2D eigenvalue weighted by molar-refractivity contribution is 6.08. The average molecular weight is 388 g/mol. The molecule has 0 radical (unpaired) electrons. The summed E-state index contributed by atoms with van der Waals surface area (Å²) in [7, 11) is 2.80. The molecule has 0 atom stereocenters. The molecule has 2 aromatic heterocycles. The topological polar surface area (TPSA) is 104 Å². The number of hydrogen-bond donors (Lipinski definition) is 1. The minimum absolute atomic E-state index is 0.0612. The van der Waals surface area contributed by atoms with Gasteiger partial charge in [0.1, 0.15) is 11.5 Å². The zero-order valence-electron chi connectivity index (χ0n) is 16.7. The number of carbonyl (C=O) groups excluding carboxylic acids is 2. The zero-order valence-corrected chi connectivity index (χ0v) is 16.7. The van der Waals surface area contributed by atoms with Crippen molar-refractivity contribution in [2.45, 2.75) is 27.3 Å². The molecule has 0 unspecified atom stereocenters. The fourth-order valence-electron chi connectivity index (χ4n) is 3.08. The smallest absolute Gasteiger partial charge is 0.355 e. The van der Waals surface area contributed by atoms with Crippen molar-refractivity contribution >= 4 is 17.7 Å². The van der Waals surface area contributed by atoms with E-state index in [-0.39, 0.29) is 23.7 Å². The average Bonchev–Trinajstić information content (AvgIpc) is 2.88. The second kappa shape index (κ2) is 8.12. The molecular weight excluding hydrogens is 364 g/mol. The molecule has 0 aliphatic heterocycles. The molecular formula is C19H24N4O5. The molecule has 9 heteroatoms. The minimum Gasteiger partial charge on any atom is -0.461 e. The van der Waals surface area contributed by atoms with Crippen LogP contribution in [0.1, 0.15) is 39.0 Å². The number of rotatable bonds is 6. The van der Waals surface area contributed by atoms with Crippen LogP contribution in [-0.4, -0.2) is 32.2 Å². The fraction of sp³-hybridized carbons (Fsp3) is 0.368. The summed E-state index contributed by atoms with van der Waals surface area (Å²) in [5, 5.41) is 2.59. The number of hydrogen-bond acceptors (Lipinski definition) is 5. The lowest BCUT2D eigenvalue weighted by molar-refractivity contribution is 0.0513. The summed E-state index contributed by atoms with van der Waals surface area (Å²) in [5.74, 6) is -1.01. The van der Waals surface area contributed by atoms with E-state index < -0.39 is 23.1 Å². The molecule has 0 spiro atoms. The molecule has 0 fully saturated rings. The van der Waals surface area contributed by atoms with E-state index in [0.717, 1.165) is 15.2 Å². The Morgan fingerprint density at radius 2 is 1.86 bits per heavy atom.